The van der Waals surface area contributed by atoms with E-state index in [0.29, 0.717) is 36.3 Å². The van der Waals surface area contributed by atoms with Gasteiger partial charge in [0.2, 0.25) is 5.91 Å². The van der Waals surface area contributed by atoms with Crippen molar-refractivity contribution in [3.63, 3.8) is 0 Å². The van der Waals surface area contributed by atoms with Crippen molar-refractivity contribution in [1.82, 2.24) is 9.78 Å². The van der Waals surface area contributed by atoms with E-state index in [1.807, 2.05) is 74.8 Å². The Balaban J connectivity index is 1.73. The highest BCUT2D eigenvalue weighted by atomic mass is 35.5. The number of anilines is 1. The minimum absolute atomic E-state index is 0.116. The standard InChI is InChI=1S/C24H28ClN3O3/c1-5-30-21-12-11-18(13-22(21)31-6-2)14-23(29)26-24-16(3)27-28(17(24)4)15-19-9-7-8-10-20(19)25/h7-13H,5-6,14-15H2,1-4H3,(H,26,29). The number of amides is 1. The molecule has 0 aliphatic carbocycles. The number of aryl methyl sites for hydroxylation is 1. The Hall–Kier alpha value is -2.99. The molecule has 1 aromatic heterocycles. The third kappa shape index (κ3) is 5.58. The van der Waals surface area contributed by atoms with Crippen LogP contribution in [-0.4, -0.2) is 28.9 Å². The highest BCUT2D eigenvalue weighted by Gasteiger charge is 2.16. The molecule has 0 atom stereocenters. The molecule has 164 valence electrons. The van der Waals surface area contributed by atoms with Crippen molar-refractivity contribution in [2.45, 2.75) is 40.7 Å². The monoisotopic (exact) mass is 441 g/mol. The SMILES string of the molecule is CCOc1ccc(CC(=O)Nc2c(C)nn(Cc3ccccc3Cl)c2C)cc1OCC. The number of ether oxygens (including phenoxy) is 2. The molecule has 0 saturated carbocycles. The van der Waals surface area contributed by atoms with Crippen LogP contribution >= 0.6 is 11.6 Å². The Morgan fingerprint density at radius 1 is 1.06 bits per heavy atom. The predicted octanol–water partition coefficient (Wildman–Crippen LogP) is 5.18. The normalized spacial score (nSPS) is 10.7. The molecule has 0 aliphatic rings. The van der Waals surface area contributed by atoms with E-state index in [-0.39, 0.29) is 12.3 Å². The first-order valence-corrected chi connectivity index (χ1v) is 10.8. The van der Waals surface area contributed by atoms with E-state index >= 15 is 0 Å². The first kappa shape index (κ1) is 22.7. The van der Waals surface area contributed by atoms with Crippen molar-refractivity contribution < 1.29 is 14.3 Å². The van der Waals surface area contributed by atoms with Gasteiger partial charge in [0.05, 0.1) is 43.3 Å². The quantitative estimate of drug-likeness (QED) is 0.496. The lowest BCUT2D eigenvalue weighted by atomic mass is 10.1. The van der Waals surface area contributed by atoms with Crippen LogP contribution < -0.4 is 14.8 Å². The highest BCUT2D eigenvalue weighted by Crippen LogP contribution is 2.29. The summed E-state index contributed by atoms with van der Waals surface area (Å²) >= 11 is 6.28. The molecule has 1 amide bonds. The molecule has 0 unspecified atom stereocenters. The molecule has 2 aromatic carbocycles. The van der Waals surface area contributed by atoms with Crippen molar-refractivity contribution in [3.05, 3.63) is 70.0 Å². The van der Waals surface area contributed by atoms with Crippen LogP contribution in [0.1, 0.15) is 36.4 Å². The van der Waals surface area contributed by atoms with Crippen LogP contribution in [0.25, 0.3) is 0 Å². The lowest BCUT2D eigenvalue weighted by Crippen LogP contribution is -2.16. The molecule has 31 heavy (non-hydrogen) atoms. The molecule has 1 N–H and O–H groups in total. The van der Waals surface area contributed by atoms with E-state index in [0.717, 1.165) is 28.2 Å². The number of nitrogens with one attached hydrogen (secondary N) is 1. The number of rotatable bonds is 9. The van der Waals surface area contributed by atoms with Crippen LogP contribution in [0.15, 0.2) is 42.5 Å². The second-order valence-corrected chi connectivity index (χ2v) is 7.57. The Kier molecular flexibility index (Phi) is 7.58. The van der Waals surface area contributed by atoms with Gasteiger partial charge >= 0.3 is 0 Å². The van der Waals surface area contributed by atoms with Gasteiger partial charge in [0.15, 0.2) is 11.5 Å². The maximum absolute atomic E-state index is 12.7. The average Bonchev–Trinajstić information content (AvgIpc) is 2.99. The fraction of sp³-hybridized carbons (Fsp3) is 0.333. The summed E-state index contributed by atoms with van der Waals surface area (Å²) in [6, 6.07) is 13.3. The molecular formula is C24H28ClN3O3. The number of aromatic nitrogens is 2. The maximum atomic E-state index is 12.7. The Bertz CT molecular complexity index is 1060. The van der Waals surface area contributed by atoms with Gasteiger partial charge < -0.3 is 14.8 Å². The zero-order chi connectivity index (χ0) is 22.4. The topological polar surface area (TPSA) is 65.4 Å². The summed E-state index contributed by atoms with van der Waals surface area (Å²) in [5, 5.41) is 8.29. The summed E-state index contributed by atoms with van der Waals surface area (Å²) in [4.78, 5) is 12.7. The van der Waals surface area contributed by atoms with Gasteiger partial charge in [0.25, 0.3) is 0 Å². The van der Waals surface area contributed by atoms with E-state index in [9.17, 15) is 4.79 Å². The zero-order valence-corrected chi connectivity index (χ0v) is 19.1. The molecule has 0 aliphatic heterocycles. The minimum atomic E-state index is -0.116. The molecule has 0 saturated heterocycles. The molecule has 3 rings (SSSR count). The van der Waals surface area contributed by atoms with Crippen LogP contribution in [0.2, 0.25) is 5.02 Å². The van der Waals surface area contributed by atoms with Crippen LogP contribution in [0.5, 0.6) is 11.5 Å². The van der Waals surface area contributed by atoms with Crippen LogP contribution in [-0.2, 0) is 17.8 Å². The maximum Gasteiger partial charge on any atom is 0.228 e. The number of hydrogen-bond acceptors (Lipinski definition) is 4. The highest BCUT2D eigenvalue weighted by molar-refractivity contribution is 6.31. The Morgan fingerprint density at radius 3 is 2.48 bits per heavy atom. The van der Waals surface area contributed by atoms with Gasteiger partial charge in [-0.3, -0.25) is 9.48 Å². The first-order chi connectivity index (χ1) is 14.9. The summed E-state index contributed by atoms with van der Waals surface area (Å²) in [6.07, 6.45) is 0.223. The summed E-state index contributed by atoms with van der Waals surface area (Å²) in [6.45, 7) is 9.29. The van der Waals surface area contributed by atoms with Gasteiger partial charge in [-0.2, -0.15) is 5.10 Å². The Morgan fingerprint density at radius 2 is 1.77 bits per heavy atom. The third-order valence-corrected chi connectivity index (χ3v) is 5.27. The summed E-state index contributed by atoms with van der Waals surface area (Å²) in [5.41, 5.74) is 4.20. The molecule has 1 heterocycles. The summed E-state index contributed by atoms with van der Waals surface area (Å²) in [5.74, 6) is 1.21. The van der Waals surface area contributed by atoms with E-state index in [2.05, 4.69) is 10.4 Å². The van der Waals surface area contributed by atoms with Gasteiger partial charge in [-0.25, -0.2) is 0 Å². The zero-order valence-electron chi connectivity index (χ0n) is 18.4. The van der Waals surface area contributed by atoms with Crippen LogP contribution in [0, 0.1) is 13.8 Å². The van der Waals surface area contributed by atoms with Crippen molar-refractivity contribution in [1.29, 1.82) is 0 Å². The Labute approximate surface area is 188 Å². The van der Waals surface area contributed by atoms with Crippen molar-refractivity contribution in [3.8, 4) is 11.5 Å². The molecule has 6 nitrogen and oxygen atoms in total. The minimum Gasteiger partial charge on any atom is -0.490 e. The molecular weight excluding hydrogens is 414 g/mol. The van der Waals surface area contributed by atoms with E-state index in [1.54, 1.807) is 0 Å². The average molecular weight is 442 g/mol. The van der Waals surface area contributed by atoms with E-state index < -0.39 is 0 Å². The predicted molar refractivity (Wildman–Crippen MR) is 123 cm³/mol. The number of carbonyl (C=O) groups excluding carboxylic acids is 1. The first-order valence-electron chi connectivity index (χ1n) is 10.4. The van der Waals surface area contributed by atoms with Gasteiger partial charge in [-0.1, -0.05) is 35.9 Å². The fourth-order valence-electron chi connectivity index (χ4n) is 3.39. The smallest absolute Gasteiger partial charge is 0.228 e. The van der Waals surface area contributed by atoms with Gasteiger partial charge in [0.1, 0.15) is 0 Å². The molecule has 7 heteroatoms. The number of benzene rings is 2. The number of carbonyl (C=O) groups is 1. The number of nitrogens with zero attached hydrogens (tertiary/aromatic N) is 2. The number of hydrogen-bond donors (Lipinski definition) is 1. The van der Waals surface area contributed by atoms with Gasteiger partial charge in [0, 0.05) is 5.02 Å². The van der Waals surface area contributed by atoms with Gasteiger partial charge in [-0.15, -0.1) is 0 Å². The second kappa shape index (κ2) is 10.4. The summed E-state index contributed by atoms with van der Waals surface area (Å²) in [7, 11) is 0. The lowest BCUT2D eigenvalue weighted by molar-refractivity contribution is -0.115. The third-order valence-electron chi connectivity index (χ3n) is 4.90. The molecule has 0 spiro atoms. The van der Waals surface area contributed by atoms with E-state index in [1.165, 1.54) is 0 Å². The number of halogens is 1. The second-order valence-electron chi connectivity index (χ2n) is 7.17. The molecule has 0 fully saturated rings. The lowest BCUT2D eigenvalue weighted by Gasteiger charge is -2.12. The van der Waals surface area contributed by atoms with Crippen LogP contribution in [0.4, 0.5) is 5.69 Å². The molecule has 3 aromatic rings. The summed E-state index contributed by atoms with van der Waals surface area (Å²) < 4.78 is 13.1. The molecule has 0 radical (unpaired) electrons. The van der Waals surface area contributed by atoms with Crippen molar-refractivity contribution >= 4 is 23.2 Å². The van der Waals surface area contributed by atoms with Crippen LogP contribution in [0.3, 0.4) is 0 Å². The fourth-order valence-corrected chi connectivity index (χ4v) is 3.59. The van der Waals surface area contributed by atoms with E-state index in [4.69, 9.17) is 21.1 Å². The van der Waals surface area contributed by atoms with Crippen molar-refractivity contribution in [2.24, 2.45) is 0 Å². The molecule has 0 bridgehead atoms. The van der Waals surface area contributed by atoms with Gasteiger partial charge in [-0.05, 0) is 57.0 Å². The largest absolute Gasteiger partial charge is 0.490 e. The van der Waals surface area contributed by atoms with Crippen molar-refractivity contribution in [2.75, 3.05) is 18.5 Å².